The normalized spacial score (nSPS) is 33.3. The van der Waals surface area contributed by atoms with Crippen molar-refractivity contribution in [3.63, 3.8) is 0 Å². The van der Waals surface area contributed by atoms with Crippen LogP contribution in [0.1, 0.15) is 63.4 Å². The van der Waals surface area contributed by atoms with Gasteiger partial charge in [-0.1, -0.05) is 31.2 Å². The molecular weight excluding hydrogens is 450 g/mol. The third-order valence-electron chi connectivity index (χ3n) is 9.80. The van der Waals surface area contributed by atoms with E-state index in [-0.39, 0.29) is 29.5 Å². The Labute approximate surface area is 215 Å². The highest BCUT2D eigenvalue weighted by Crippen LogP contribution is 2.67. The van der Waals surface area contributed by atoms with Crippen molar-refractivity contribution in [3.05, 3.63) is 65.5 Å². The fraction of sp³-hybridized carbons (Fsp3) is 0.548. The number of anilines is 1. The lowest BCUT2D eigenvalue weighted by atomic mass is 9.50. The maximum absolute atomic E-state index is 13.6. The highest BCUT2D eigenvalue weighted by molar-refractivity contribution is 5.93. The summed E-state index contributed by atoms with van der Waals surface area (Å²) in [6, 6.07) is 8.89. The van der Waals surface area contributed by atoms with Crippen LogP contribution >= 0.6 is 0 Å². The molecule has 1 aromatic carbocycles. The molecule has 4 aliphatic rings. The molecular formula is C31H39NO4. The molecule has 4 aliphatic carbocycles. The Bertz CT molecular complexity index is 1130. The zero-order valence-electron chi connectivity index (χ0n) is 22.1. The quantitative estimate of drug-likeness (QED) is 0.456. The van der Waals surface area contributed by atoms with Gasteiger partial charge in [-0.05, 0) is 85.3 Å². The number of benzene rings is 1. The minimum absolute atomic E-state index is 0.00451. The van der Waals surface area contributed by atoms with Gasteiger partial charge in [-0.2, -0.15) is 0 Å². The summed E-state index contributed by atoms with van der Waals surface area (Å²) in [6.45, 7) is 5.91. The van der Waals surface area contributed by atoms with Gasteiger partial charge in [0.05, 0.1) is 6.26 Å². The molecule has 0 saturated heterocycles. The van der Waals surface area contributed by atoms with E-state index in [1.165, 1.54) is 34.2 Å². The zero-order valence-corrected chi connectivity index (χ0v) is 22.1. The fourth-order valence-electron chi connectivity index (χ4n) is 8.11. The van der Waals surface area contributed by atoms with Crippen LogP contribution in [0, 0.1) is 17.3 Å². The molecule has 0 radical (unpaired) electrons. The highest BCUT2D eigenvalue weighted by atomic mass is 16.5. The van der Waals surface area contributed by atoms with E-state index < -0.39 is 5.60 Å². The maximum Gasteiger partial charge on any atom is 0.202 e. The second-order valence-corrected chi connectivity index (χ2v) is 11.5. The Hall–Kier alpha value is -2.66. The first-order valence-electron chi connectivity index (χ1n) is 13.3. The van der Waals surface area contributed by atoms with Gasteiger partial charge in [0.1, 0.15) is 12.2 Å². The molecule has 5 heteroatoms. The summed E-state index contributed by atoms with van der Waals surface area (Å²) in [6.07, 6.45) is 9.20. The number of nitrogens with zero attached hydrogens (tertiary/aromatic N) is 1. The largest absolute Gasteiger partial charge is 0.494 e. The number of rotatable bonds is 7. The van der Waals surface area contributed by atoms with Gasteiger partial charge in [0.25, 0.3) is 0 Å². The van der Waals surface area contributed by atoms with E-state index in [9.17, 15) is 9.59 Å². The van der Waals surface area contributed by atoms with Crippen molar-refractivity contribution in [1.82, 2.24) is 0 Å². The fourth-order valence-corrected chi connectivity index (χ4v) is 8.11. The second-order valence-electron chi connectivity index (χ2n) is 11.5. The number of hydrogen-bond acceptors (Lipinski definition) is 5. The summed E-state index contributed by atoms with van der Waals surface area (Å²) in [4.78, 5) is 28.0. The average molecular weight is 490 g/mol. The molecule has 5 atom stereocenters. The Kier molecular flexibility index (Phi) is 6.48. The molecule has 0 amide bonds. The minimum Gasteiger partial charge on any atom is -0.494 e. The number of carbonyl (C=O) groups is 2. The van der Waals surface area contributed by atoms with Crippen molar-refractivity contribution < 1.29 is 19.1 Å². The molecule has 2 saturated carbocycles. The Morgan fingerprint density at radius 3 is 2.58 bits per heavy atom. The molecule has 5 nitrogen and oxygen atoms in total. The number of ether oxygens (including phenoxy) is 2. The lowest BCUT2D eigenvalue weighted by Gasteiger charge is -2.55. The SMILES string of the molecule is C=COCC(=O)[C@@]1(OC)CCC2C3CCC4=CC(=O)CCC4=C3[C@@H](c3ccc(N(C)C)cc3)C[C@@]21C. The lowest BCUT2D eigenvalue weighted by molar-refractivity contribution is -0.165. The number of hydrogen-bond donors (Lipinski definition) is 0. The number of fused-ring (bicyclic) bond motifs is 4. The van der Waals surface area contributed by atoms with Crippen molar-refractivity contribution in [2.45, 2.75) is 63.4 Å². The first kappa shape index (κ1) is 25.0. The van der Waals surface area contributed by atoms with E-state index in [0.717, 1.165) is 38.5 Å². The molecule has 36 heavy (non-hydrogen) atoms. The second kappa shape index (κ2) is 9.33. The minimum atomic E-state index is -0.864. The molecule has 0 aromatic heterocycles. The van der Waals surface area contributed by atoms with Crippen LogP contribution in [0.15, 0.2) is 59.9 Å². The summed E-state index contributed by atoms with van der Waals surface area (Å²) in [5.74, 6) is 1.23. The van der Waals surface area contributed by atoms with Crippen LogP contribution in [0.4, 0.5) is 5.69 Å². The lowest BCUT2D eigenvalue weighted by Crippen LogP contribution is -2.57. The van der Waals surface area contributed by atoms with E-state index >= 15 is 0 Å². The number of methoxy groups -OCH3 is 1. The summed E-state index contributed by atoms with van der Waals surface area (Å²) < 4.78 is 11.6. The molecule has 2 unspecified atom stereocenters. The molecule has 1 aromatic rings. The number of allylic oxidation sites excluding steroid dienone is 4. The molecule has 192 valence electrons. The average Bonchev–Trinajstić information content (AvgIpc) is 3.19. The van der Waals surface area contributed by atoms with Gasteiger partial charge in [-0.25, -0.2) is 0 Å². The van der Waals surface area contributed by atoms with E-state index in [4.69, 9.17) is 9.47 Å². The maximum atomic E-state index is 13.6. The van der Waals surface area contributed by atoms with Crippen LogP contribution < -0.4 is 4.90 Å². The first-order chi connectivity index (χ1) is 17.3. The van der Waals surface area contributed by atoms with Crippen LogP contribution in [0.5, 0.6) is 0 Å². The third-order valence-corrected chi connectivity index (χ3v) is 9.80. The molecule has 0 spiro atoms. The van der Waals surface area contributed by atoms with Gasteiger partial charge in [0.2, 0.25) is 5.78 Å². The molecule has 0 heterocycles. The third kappa shape index (κ3) is 3.70. The van der Waals surface area contributed by atoms with Gasteiger partial charge in [-0.15, -0.1) is 0 Å². The molecule has 0 aliphatic heterocycles. The van der Waals surface area contributed by atoms with Gasteiger partial charge in [0.15, 0.2) is 5.78 Å². The number of ketones is 2. The smallest absolute Gasteiger partial charge is 0.202 e. The van der Waals surface area contributed by atoms with Gasteiger partial charge in [0, 0.05) is 44.6 Å². The number of Topliss-reactive ketones (excluding diaryl/α,β-unsaturated/α-hetero) is 1. The van der Waals surface area contributed by atoms with Crippen molar-refractivity contribution in [2.24, 2.45) is 17.3 Å². The van der Waals surface area contributed by atoms with Crippen molar-refractivity contribution in [3.8, 4) is 0 Å². The van der Waals surface area contributed by atoms with Gasteiger partial charge >= 0.3 is 0 Å². The Morgan fingerprint density at radius 2 is 1.92 bits per heavy atom. The first-order valence-corrected chi connectivity index (χ1v) is 13.3. The Balaban J connectivity index is 1.65. The molecule has 0 bridgehead atoms. The predicted molar refractivity (Wildman–Crippen MR) is 142 cm³/mol. The summed E-state index contributed by atoms with van der Waals surface area (Å²) in [5, 5.41) is 0. The monoisotopic (exact) mass is 489 g/mol. The van der Waals surface area contributed by atoms with Crippen molar-refractivity contribution >= 4 is 17.3 Å². The summed E-state index contributed by atoms with van der Waals surface area (Å²) in [7, 11) is 5.81. The van der Waals surface area contributed by atoms with E-state index in [2.05, 4.69) is 56.8 Å². The van der Waals surface area contributed by atoms with Gasteiger partial charge < -0.3 is 14.4 Å². The van der Waals surface area contributed by atoms with E-state index in [0.29, 0.717) is 18.3 Å². The van der Waals surface area contributed by atoms with Crippen LogP contribution in [0.25, 0.3) is 0 Å². The molecule has 2 fully saturated rings. The van der Waals surface area contributed by atoms with Crippen molar-refractivity contribution in [2.75, 3.05) is 32.7 Å². The van der Waals surface area contributed by atoms with Crippen molar-refractivity contribution in [1.29, 1.82) is 0 Å². The van der Waals surface area contributed by atoms with Gasteiger partial charge in [-0.3, -0.25) is 9.59 Å². The zero-order chi connectivity index (χ0) is 25.7. The highest BCUT2D eigenvalue weighted by Gasteiger charge is 2.66. The van der Waals surface area contributed by atoms with Crippen LogP contribution in [-0.4, -0.2) is 45.0 Å². The topological polar surface area (TPSA) is 55.8 Å². The van der Waals surface area contributed by atoms with Crippen LogP contribution in [0.2, 0.25) is 0 Å². The van der Waals surface area contributed by atoms with Crippen LogP contribution in [-0.2, 0) is 19.1 Å². The standard InChI is InChI=1S/C31H39NO4/c1-6-36-19-28(34)31(35-5)16-15-27-25-13-9-21-17-23(33)12-14-24(21)29(25)26(18-30(27,31)2)20-7-10-22(11-8-20)32(3)4/h6-8,10-11,17,25-27H,1,9,12-16,18-19H2,2-5H3/t25?,26-,27?,30+,31+/m1/s1. The molecule has 0 N–H and O–H groups in total. The van der Waals surface area contributed by atoms with E-state index in [1.54, 1.807) is 7.11 Å². The van der Waals surface area contributed by atoms with Crippen LogP contribution in [0.3, 0.4) is 0 Å². The van der Waals surface area contributed by atoms with E-state index in [1.807, 2.05) is 6.08 Å². The summed E-state index contributed by atoms with van der Waals surface area (Å²) in [5.41, 5.74) is 5.49. The molecule has 5 rings (SSSR count). The summed E-state index contributed by atoms with van der Waals surface area (Å²) >= 11 is 0. The predicted octanol–water partition coefficient (Wildman–Crippen LogP) is 5.77. The Morgan fingerprint density at radius 1 is 1.17 bits per heavy atom. The number of carbonyl (C=O) groups excluding carboxylic acids is 2.